The van der Waals surface area contributed by atoms with E-state index in [2.05, 4.69) is 25.6 Å². The van der Waals surface area contributed by atoms with E-state index >= 15 is 0 Å². The average molecular weight is 413 g/mol. The Bertz CT molecular complexity index is 799. The van der Waals surface area contributed by atoms with Crippen molar-refractivity contribution in [1.29, 1.82) is 0 Å². The maximum atomic E-state index is 12.4. The second-order valence-electron chi connectivity index (χ2n) is 6.27. The molecule has 1 aromatic carbocycles. The number of methoxy groups -OCH3 is 1. The molecule has 1 aliphatic rings. The Balaban J connectivity index is 1.50. The highest BCUT2D eigenvalue weighted by molar-refractivity contribution is 7.99. The number of halogens is 2. The Hall–Kier alpha value is -2.43. The molecule has 1 N–H and O–H groups in total. The van der Waals surface area contributed by atoms with Gasteiger partial charge in [0.05, 0.1) is 18.9 Å². The van der Waals surface area contributed by atoms with E-state index in [1.165, 1.54) is 37.8 Å². The molecule has 0 aliphatic heterocycles. The van der Waals surface area contributed by atoms with Crippen LogP contribution in [-0.2, 0) is 11.3 Å². The first kappa shape index (κ1) is 20.3. The molecule has 1 aromatic heterocycles. The zero-order valence-electron chi connectivity index (χ0n) is 15.3. The van der Waals surface area contributed by atoms with Gasteiger partial charge in [-0.25, -0.2) is 4.68 Å². The van der Waals surface area contributed by atoms with Crippen LogP contribution in [0.15, 0.2) is 23.4 Å². The van der Waals surface area contributed by atoms with Crippen molar-refractivity contribution in [3.63, 3.8) is 0 Å². The summed E-state index contributed by atoms with van der Waals surface area (Å²) in [6.45, 7) is -2.70. The van der Waals surface area contributed by atoms with Gasteiger partial charge in [0.2, 0.25) is 11.1 Å². The zero-order chi connectivity index (χ0) is 19.9. The molecule has 1 amide bonds. The van der Waals surface area contributed by atoms with Gasteiger partial charge in [-0.1, -0.05) is 30.7 Å². The van der Waals surface area contributed by atoms with Gasteiger partial charge in [-0.05, 0) is 41.0 Å². The lowest BCUT2D eigenvalue weighted by molar-refractivity contribution is -0.118. The normalized spacial score (nSPS) is 14.4. The zero-order valence-corrected chi connectivity index (χ0v) is 16.1. The van der Waals surface area contributed by atoms with Crippen molar-refractivity contribution in [1.82, 2.24) is 25.5 Å². The number of amides is 1. The van der Waals surface area contributed by atoms with Crippen molar-refractivity contribution in [3.8, 4) is 11.5 Å². The molecular formula is C17H21F2N5O3S. The summed E-state index contributed by atoms with van der Waals surface area (Å²) in [7, 11) is 1.36. The van der Waals surface area contributed by atoms with Gasteiger partial charge in [0.15, 0.2) is 11.5 Å². The van der Waals surface area contributed by atoms with Crippen molar-refractivity contribution in [3.05, 3.63) is 23.8 Å². The van der Waals surface area contributed by atoms with Crippen LogP contribution in [0, 0.1) is 0 Å². The van der Waals surface area contributed by atoms with E-state index in [9.17, 15) is 13.6 Å². The quantitative estimate of drug-likeness (QED) is 0.632. The summed E-state index contributed by atoms with van der Waals surface area (Å²) in [6.07, 6.45) is 4.44. The summed E-state index contributed by atoms with van der Waals surface area (Å²) in [5.41, 5.74) is 0.701. The Labute approximate surface area is 165 Å². The van der Waals surface area contributed by atoms with Crippen molar-refractivity contribution < 1.29 is 23.0 Å². The minimum atomic E-state index is -2.93. The molecule has 0 spiro atoms. The molecule has 0 atom stereocenters. The number of ether oxygens (including phenoxy) is 2. The van der Waals surface area contributed by atoms with E-state index in [-0.39, 0.29) is 29.7 Å². The SMILES string of the molecule is COc1cc(CNC(=O)CSc2nnnn2C2CCCC2)ccc1OC(F)F. The van der Waals surface area contributed by atoms with Crippen molar-refractivity contribution in [2.45, 2.75) is 50.0 Å². The summed E-state index contributed by atoms with van der Waals surface area (Å²) in [5.74, 6) is 0.119. The highest BCUT2D eigenvalue weighted by atomic mass is 32.2. The van der Waals surface area contributed by atoms with Crippen LogP contribution in [0.2, 0.25) is 0 Å². The number of nitrogens with zero attached hydrogens (tertiary/aromatic N) is 4. The molecule has 1 aliphatic carbocycles. The molecule has 1 fully saturated rings. The van der Waals surface area contributed by atoms with Crippen LogP contribution >= 0.6 is 11.8 Å². The van der Waals surface area contributed by atoms with E-state index in [0.29, 0.717) is 16.8 Å². The van der Waals surface area contributed by atoms with Crippen molar-refractivity contribution >= 4 is 17.7 Å². The van der Waals surface area contributed by atoms with Crippen LogP contribution in [0.3, 0.4) is 0 Å². The van der Waals surface area contributed by atoms with Gasteiger partial charge in [-0.2, -0.15) is 8.78 Å². The lowest BCUT2D eigenvalue weighted by atomic mass is 10.2. The Morgan fingerprint density at radius 3 is 2.86 bits per heavy atom. The number of benzene rings is 1. The Kier molecular flexibility index (Phi) is 7.01. The van der Waals surface area contributed by atoms with Crippen molar-refractivity contribution in [2.24, 2.45) is 0 Å². The first-order chi connectivity index (χ1) is 13.6. The van der Waals surface area contributed by atoms with Crippen LogP contribution in [0.1, 0.15) is 37.3 Å². The van der Waals surface area contributed by atoms with Gasteiger partial charge in [-0.15, -0.1) is 5.10 Å². The maximum Gasteiger partial charge on any atom is 0.387 e. The van der Waals surface area contributed by atoms with Gasteiger partial charge in [0.25, 0.3) is 0 Å². The number of nitrogens with one attached hydrogen (secondary N) is 1. The van der Waals surface area contributed by atoms with E-state index < -0.39 is 6.61 Å². The standard InChI is InChI=1S/C17H21F2N5O3S/c1-26-14-8-11(6-7-13(14)27-16(18)19)9-20-15(25)10-28-17-21-22-23-24(17)12-4-2-3-5-12/h6-8,12,16H,2-5,9-10H2,1H3,(H,20,25). The number of carbonyl (C=O) groups excluding carboxylic acids is 1. The fourth-order valence-electron chi connectivity index (χ4n) is 3.06. The summed E-state index contributed by atoms with van der Waals surface area (Å²) in [5, 5.41) is 15.2. The number of alkyl halides is 2. The fourth-order valence-corrected chi connectivity index (χ4v) is 3.83. The van der Waals surface area contributed by atoms with E-state index in [0.717, 1.165) is 12.8 Å². The summed E-state index contributed by atoms with van der Waals surface area (Å²) in [6, 6.07) is 4.83. The molecule has 2 aromatic rings. The number of tetrazole rings is 1. The Morgan fingerprint density at radius 1 is 1.36 bits per heavy atom. The fraction of sp³-hybridized carbons (Fsp3) is 0.529. The number of hydrogen-bond acceptors (Lipinski definition) is 7. The molecule has 0 radical (unpaired) electrons. The van der Waals surface area contributed by atoms with E-state index in [1.807, 2.05) is 0 Å². The largest absolute Gasteiger partial charge is 0.493 e. The number of carbonyl (C=O) groups is 1. The minimum Gasteiger partial charge on any atom is -0.493 e. The lowest BCUT2D eigenvalue weighted by Gasteiger charge is -2.12. The van der Waals surface area contributed by atoms with Gasteiger partial charge in [-0.3, -0.25) is 4.79 Å². The molecule has 3 rings (SSSR count). The second kappa shape index (κ2) is 9.67. The third-order valence-corrected chi connectivity index (χ3v) is 5.33. The summed E-state index contributed by atoms with van der Waals surface area (Å²) >= 11 is 1.29. The predicted octanol–water partition coefficient (Wildman–Crippen LogP) is 2.81. The van der Waals surface area contributed by atoms with Crippen LogP contribution in [0.25, 0.3) is 0 Å². The molecule has 152 valence electrons. The molecule has 0 bridgehead atoms. The van der Waals surface area contributed by atoms with Crippen LogP contribution in [0.4, 0.5) is 8.78 Å². The molecule has 11 heteroatoms. The number of hydrogen-bond donors (Lipinski definition) is 1. The molecule has 8 nitrogen and oxygen atoms in total. The molecule has 0 unspecified atom stereocenters. The monoisotopic (exact) mass is 413 g/mol. The van der Waals surface area contributed by atoms with Gasteiger partial charge >= 0.3 is 6.61 Å². The van der Waals surface area contributed by atoms with E-state index in [4.69, 9.17) is 4.74 Å². The molecule has 28 heavy (non-hydrogen) atoms. The third kappa shape index (κ3) is 5.31. The van der Waals surface area contributed by atoms with Crippen LogP contribution in [-0.4, -0.2) is 45.6 Å². The maximum absolute atomic E-state index is 12.4. The smallest absolute Gasteiger partial charge is 0.387 e. The topological polar surface area (TPSA) is 91.2 Å². The second-order valence-corrected chi connectivity index (χ2v) is 7.22. The van der Waals surface area contributed by atoms with Crippen LogP contribution < -0.4 is 14.8 Å². The molecule has 1 saturated carbocycles. The van der Waals surface area contributed by atoms with Gasteiger partial charge in [0.1, 0.15) is 0 Å². The van der Waals surface area contributed by atoms with Gasteiger partial charge in [0, 0.05) is 6.54 Å². The summed E-state index contributed by atoms with van der Waals surface area (Å²) < 4.78 is 36.0. The number of thioether (sulfide) groups is 1. The highest BCUT2D eigenvalue weighted by Gasteiger charge is 2.22. The molecular weight excluding hydrogens is 392 g/mol. The minimum absolute atomic E-state index is 0.0538. The first-order valence-electron chi connectivity index (χ1n) is 8.86. The third-order valence-electron chi connectivity index (χ3n) is 4.40. The molecule has 0 saturated heterocycles. The van der Waals surface area contributed by atoms with E-state index in [1.54, 1.807) is 16.8 Å². The first-order valence-corrected chi connectivity index (χ1v) is 9.84. The number of aromatic nitrogens is 4. The molecule has 1 heterocycles. The lowest BCUT2D eigenvalue weighted by Crippen LogP contribution is -2.25. The Morgan fingerprint density at radius 2 is 2.14 bits per heavy atom. The van der Waals surface area contributed by atoms with Crippen molar-refractivity contribution in [2.75, 3.05) is 12.9 Å². The average Bonchev–Trinajstić information content (AvgIpc) is 3.36. The number of rotatable bonds is 9. The highest BCUT2D eigenvalue weighted by Crippen LogP contribution is 2.31. The summed E-state index contributed by atoms with van der Waals surface area (Å²) in [4.78, 5) is 12.1. The predicted molar refractivity (Wildman–Crippen MR) is 97.5 cm³/mol. The van der Waals surface area contributed by atoms with Gasteiger partial charge < -0.3 is 14.8 Å². The van der Waals surface area contributed by atoms with Crippen LogP contribution in [0.5, 0.6) is 11.5 Å².